The predicted molar refractivity (Wildman–Crippen MR) is 73.9 cm³/mol. The average Bonchev–Trinajstić information content (AvgIpc) is 2.36. The lowest BCUT2D eigenvalue weighted by atomic mass is 10.4. The first kappa shape index (κ1) is 17.0. The Morgan fingerprint density at radius 2 is 2.05 bits per heavy atom. The highest BCUT2D eigenvalue weighted by molar-refractivity contribution is 9.10. The van der Waals surface area contributed by atoms with E-state index < -0.39 is 18.3 Å². The summed E-state index contributed by atoms with van der Waals surface area (Å²) in [5.74, 6) is 0. The second-order valence-corrected chi connectivity index (χ2v) is 4.92. The molecule has 0 aliphatic carbocycles. The zero-order valence-corrected chi connectivity index (χ0v) is 12.5. The van der Waals surface area contributed by atoms with Gasteiger partial charge in [0.2, 0.25) is 0 Å². The summed E-state index contributed by atoms with van der Waals surface area (Å²) in [5.41, 5.74) is -0.430. The van der Waals surface area contributed by atoms with Crippen LogP contribution in [0.2, 0.25) is 0 Å². The Morgan fingerprint density at radius 3 is 2.65 bits per heavy atom. The van der Waals surface area contributed by atoms with Gasteiger partial charge in [0.05, 0.1) is 11.9 Å². The molecule has 0 amide bonds. The van der Waals surface area contributed by atoms with E-state index in [1.54, 1.807) is 0 Å². The molecule has 1 aromatic rings. The van der Waals surface area contributed by atoms with Crippen molar-refractivity contribution in [1.82, 2.24) is 15.1 Å². The summed E-state index contributed by atoms with van der Waals surface area (Å²) in [6.07, 6.45) is -2.26. The third-order valence-corrected chi connectivity index (χ3v) is 3.12. The summed E-state index contributed by atoms with van der Waals surface area (Å²) in [6, 6.07) is 0. The lowest BCUT2D eigenvalue weighted by Crippen LogP contribution is -2.31. The van der Waals surface area contributed by atoms with Crippen molar-refractivity contribution in [2.75, 3.05) is 25.0 Å². The molecule has 1 aromatic heterocycles. The molecule has 0 saturated carbocycles. The molecule has 114 valence electrons. The van der Waals surface area contributed by atoms with E-state index in [9.17, 15) is 18.0 Å². The highest BCUT2D eigenvalue weighted by Gasteiger charge is 2.29. The van der Waals surface area contributed by atoms with E-state index in [1.807, 2.05) is 6.92 Å². The molecule has 0 aliphatic rings. The van der Waals surface area contributed by atoms with Crippen LogP contribution in [0.5, 0.6) is 0 Å². The molecular weight excluding hydrogens is 341 g/mol. The second-order valence-electron chi connectivity index (χ2n) is 4.13. The Morgan fingerprint density at radius 1 is 1.35 bits per heavy atom. The summed E-state index contributed by atoms with van der Waals surface area (Å²) in [7, 11) is 0. The van der Waals surface area contributed by atoms with E-state index in [4.69, 9.17) is 0 Å². The third kappa shape index (κ3) is 5.49. The van der Waals surface area contributed by atoms with Crippen molar-refractivity contribution in [3.63, 3.8) is 0 Å². The molecule has 0 atom stereocenters. The van der Waals surface area contributed by atoms with Gasteiger partial charge in [-0.1, -0.05) is 6.92 Å². The van der Waals surface area contributed by atoms with Gasteiger partial charge in [-0.05, 0) is 28.9 Å². The van der Waals surface area contributed by atoms with E-state index >= 15 is 0 Å². The van der Waals surface area contributed by atoms with Crippen LogP contribution in [0.15, 0.2) is 15.5 Å². The molecule has 1 heterocycles. The molecule has 0 aromatic carbocycles. The predicted octanol–water partition coefficient (Wildman–Crippen LogP) is 1.98. The number of hydrogen-bond acceptors (Lipinski definition) is 4. The van der Waals surface area contributed by atoms with E-state index in [1.165, 1.54) is 6.20 Å². The number of rotatable bonds is 7. The summed E-state index contributed by atoms with van der Waals surface area (Å²) in [5, 5.41) is 9.60. The minimum atomic E-state index is -4.48. The highest BCUT2D eigenvalue weighted by atomic mass is 79.9. The van der Waals surface area contributed by atoms with Gasteiger partial charge in [0.1, 0.15) is 11.0 Å². The standard InChI is InChI=1S/C11H16BrF3N4O/c1-2-3-16-4-5-17-8-6-18-19(7-11(13,14)15)10(20)9(8)12/h6,16-17H,2-5,7H2,1H3. The largest absolute Gasteiger partial charge is 0.408 e. The third-order valence-electron chi connectivity index (χ3n) is 2.36. The highest BCUT2D eigenvalue weighted by Crippen LogP contribution is 2.19. The SMILES string of the molecule is CCCNCCNc1cnn(CC(F)(F)F)c(=O)c1Br. The molecule has 20 heavy (non-hydrogen) atoms. The molecule has 0 fully saturated rings. The van der Waals surface area contributed by atoms with Gasteiger partial charge < -0.3 is 10.6 Å². The van der Waals surface area contributed by atoms with Crippen LogP contribution in [0.1, 0.15) is 13.3 Å². The maximum atomic E-state index is 12.2. The van der Waals surface area contributed by atoms with Gasteiger partial charge in [0, 0.05) is 13.1 Å². The molecule has 9 heteroatoms. The fourth-order valence-electron chi connectivity index (χ4n) is 1.46. The number of hydrogen-bond donors (Lipinski definition) is 2. The van der Waals surface area contributed by atoms with Gasteiger partial charge >= 0.3 is 6.18 Å². The monoisotopic (exact) mass is 356 g/mol. The molecule has 0 aliphatic heterocycles. The molecule has 2 N–H and O–H groups in total. The van der Waals surface area contributed by atoms with Gasteiger partial charge in [-0.2, -0.15) is 18.3 Å². The second kappa shape index (κ2) is 7.63. The van der Waals surface area contributed by atoms with Crippen LogP contribution in [-0.4, -0.2) is 35.6 Å². The van der Waals surface area contributed by atoms with E-state index in [2.05, 4.69) is 31.7 Å². The summed E-state index contributed by atoms with van der Waals surface area (Å²) < 4.78 is 37.1. The minimum absolute atomic E-state index is 0.0484. The topological polar surface area (TPSA) is 59.0 Å². The van der Waals surface area contributed by atoms with Crippen LogP contribution in [0.3, 0.4) is 0 Å². The first-order valence-electron chi connectivity index (χ1n) is 6.12. The molecule has 0 unspecified atom stereocenters. The van der Waals surface area contributed by atoms with Gasteiger partial charge in [-0.25, -0.2) is 4.68 Å². The number of aromatic nitrogens is 2. The first-order chi connectivity index (χ1) is 9.35. The zero-order valence-electron chi connectivity index (χ0n) is 10.9. The normalized spacial score (nSPS) is 11.7. The van der Waals surface area contributed by atoms with Crippen molar-refractivity contribution in [2.45, 2.75) is 26.1 Å². The van der Waals surface area contributed by atoms with Crippen LogP contribution in [-0.2, 0) is 6.54 Å². The molecule has 0 spiro atoms. The Hall–Kier alpha value is -1.09. The minimum Gasteiger partial charge on any atom is -0.381 e. The number of nitrogens with one attached hydrogen (secondary N) is 2. The first-order valence-corrected chi connectivity index (χ1v) is 6.91. The molecular formula is C11H16BrF3N4O. The number of nitrogens with zero attached hydrogens (tertiary/aromatic N) is 2. The lowest BCUT2D eigenvalue weighted by Gasteiger charge is -2.12. The summed E-state index contributed by atoms with van der Waals surface area (Å²) >= 11 is 3.00. The van der Waals surface area contributed by atoms with Crippen molar-refractivity contribution in [3.05, 3.63) is 21.0 Å². The number of alkyl halides is 3. The fourth-order valence-corrected chi connectivity index (χ4v) is 1.91. The Balaban J connectivity index is 2.67. The quantitative estimate of drug-likeness (QED) is 0.733. The zero-order chi connectivity index (χ0) is 15.2. The lowest BCUT2D eigenvalue weighted by molar-refractivity contribution is -0.143. The van der Waals surface area contributed by atoms with Crippen LogP contribution < -0.4 is 16.2 Å². The van der Waals surface area contributed by atoms with E-state index in [0.717, 1.165) is 13.0 Å². The molecule has 0 bridgehead atoms. The Bertz CT molecular complexity index is 490. The number of halogens is 4. The van der Waals surface area contributed by atoms with Crippen molar-refractivity contribution < 1.29 is 13.2 Å². The van der Waals surface area contributed by atoms with Crippen LogP contribution in [0.25, 0.3) is 0 Å². The summed E-state index contributed by atoms with van der Waals surface area (Å²) in [6.45, 7) is 2.76. The van der Waals surface area contributed by atoms with Crippen LogP contribution in [0, 0.1) is 0 Å². The maximum absolute atomic E-state index is 12.2. The van der Waals surface area contributed by atoms with E-state index in [-0.39, 0.29) is 4.47 Å². The Kier molecular flexibility index (Phi) is 6.47. The van der Waals surface area contributed by atoms with Gasteiger partial charge in [-0.3, -0.25) is 4.79 Å². The van der Waals surface area contributed by atoms with Gasteiger partial charge in [0.25, 0.3) is 5.56 Å². The van der Waals surface area contributed by atoms with Crippen molar-refractivity contribution in [1.29, 1.82) is 0 Å². The van der Waals surface area contributed by atoms with Crippen molar-refractivity contribution >= 4 is 21.6 Å². The molecule has 5 nitrogen and oxygen atoms in total. The maximum Gasteiger partial charge on any atom is 0.408 e. The fraction of sp³-hybridized carbons (Fsp3) is 0.636. The van der Waals surface area contributed by atoms with Gasteiger partial charge in [0.15, 0.2) is 0 Å². The van der Waals surface area contributed by atoms with Crippen molar-refractivity contribution in [3.8, 4) is 0 Å². The smallest absolute Gasteiger partial charge is 0.381 e. The van der Waals surface area contributed by atoms with Crippen molar-refractivity contribution in [2.24, 2.45) is 0 Å². The van der Waals surface area contributed by atoms with E-state index in [0.29, 0.717) is 23.5 Å². The Labute approximate surface area is 122 Å². The van der Waals surface area contributed by atoms with Gasteiger partial charge in [-0.15, -0.1) is 0 Å². The summed E-state index contributed by atoms with van der Waals surface area (Å²) in [4.78, 5) is 11.7. The molecule has 1 rings (SSSR count). The van der Waals surface area contributed by atoms with Crippen LogP contribution >= 0.6 is 15.9 Å². The van der Waals surface area contributed by atoms with Crippen LogP contribution in [0.4, 0.5) is 18.9 Å². The molecule has 0 radical (unpaired) electrons. The number of anilines is 1. The average molecular weight is 357 g/mol. The molecule has 0 saturated heterocycles.